The monoisotopic (exact) mass is 259 g/mol. The maximum atomic E-state index is 8.69. The normalized spacial score (nSPS) is 11.8. The molecule has 5 heteroatoms. The number of nitrogens with zero attached hydrogens (tertiary/aromatic N) is 2. The number of hydrogen-bond donors (Lipinski definition) is 1. The van der Waals surface area contributed by atoms with Crippen LogP contribution < -0.4 is 5.32 Å². The molecule has 0 aliphatic heterocycles. The Labute approximate surface area is 89.9 Å². The summed E-state index contributed by atoms with van der Waals surface area (Å²) in [7, 11) is 1.77. The minimum atomic E-state index is -0.361. The molecule has 0 radical (unpaired) electrons. The Balaban J connectivity index is 3.15. The minimum absolute atomic E-state index is 0.361. The van der Waals surface area contributed by atoms with Crippen LogP contribution in [0.15, 0.2) is 12.3 Å². The van der Waals surface area contributed by atoms with Crippen molar-refractivity contribution in [3.63, 3.8) is 0 Å². The summed E-state index contributed by atoms with van der Waals surface area (Å²) in [6.07, 6.45) is 1.58. The van der Waals surface area contributed by atoms with Crippen LogP contribution in [0.5, 0.6) is 0 Å². The predicted octanol–water partition coefficient (Wildman–Crippen LogP) is 2.74. The third-order valence-electron chi connectivity index (χ3n) is 1.56. The first kappa shape index (κ1) is 10.3. The van der Waals surface area contributed by atoms with Gasteiger partial charge in [0.05, 0.1) is 6.07 Å². The second-order valence-corrected chi connectivity index (χ2v) is 3.64. The SMILES string of the molecule is CNc1cc(Cl)ncc1C(Br)C#N. The number of nitriles is 1. The van der Waals surface area contributed by atoms with E-state index in [-0.39, 0.29) is 4.83 Å². The maximum absolute atomic E-state index is 8.69. The molecule has 1 aromatic rings. The van der Waals surface area contributed by atoms with E-state index in [0.29, 0.717) is 5.15 Å². The number of alkyl halides is 1. The zero-order valence-electron chi connectivity index (χ0n) is 6.88. The molecule has 1 aromatic heterocycles. The van der Waals surface area contributed by atoms with Crippen molar-refractivity contribution in [1.29, 1.82) is 5.26 Å². The Kier molecular flexibility index (Phi) is 3.52. The zero-order chi connectivity index (χ0) is 9.84. The number of nitrogens with one attached hydrogen (secondary N) is 1. The van der Waals surface area contributed by atoms with Crippen LogP contribution in [0.3, 0.4) is 0 Å². The maximum Gasteiger partial charge on any atom is 0.131 e. The van der Waals surface area contributed by atoms with E-state index in [1.54, 1.807) is 19.3 Å². The fourth-order valence-corrected chi connectivity index (χ4v) is 1.45. The summed E-state index contributed by atoms with van der Waals surface area (Å²) in [6, 6.07) is 3.75. The number of halogens is 2. The van der Waals surface area contributed by atoms with E-state index in [0.717, 1.165) is 11.3 Å². The van der Waals surface area contributed by atoms with Crippen LogP contribution in [0.2, 0.25) is 5.15 Å². The molecule has 68 valence electrons. The van der Waals surface area contributed by atoms with Gasteiger partial charge in [0.1, 0.15) is 9.98 Å². The van der Waals surface area contributed by atoms with E-state index < -0.39 is 0 Å². The molecule has 0 aliphatic rings. The molecule has 13 heavy (non-hydrogen) atoms. The Hall–Kier alpha value is -0.790. The quantitative estimate of drug-likeness (QED) is 0.657. The van der Waals surface area contributed by atoms with Gasteiger partial charge in [-0.05, 0) is 6.07 Å². The molecule has 3 nitrogen and oxygen atoms in total. The van der Waals surface area contributed by atoms with E-state index >= 15 is 0 Å². The van der Waals surface area contributed by atoms with E-state index in [2.05, 4.69) is 32.3 Å². The second kappa shape index (κ2) is 4.45. The van der Waals surface area contributed by atoms with Crippen LogP contribution in [-0.2, 0) is 0 Å². The number of rotatable bonds is 2. The number of hydrogen-bond acceptors (Lipinski definition) is 3. The van der Waals surface area contributed by atoms with Gasteiger partial charge in [0.25, 0.3) is 0 Å². The van der Waals surface area contributed by atoms with Crippen LogP contribution in [0.4, 0.5) is 5.69 Å². The van der Waals surface area contributed by atoms with Crippen molar-refractivity contribution >= 4 is 33.2 Å². The highest BCUT2D eigenvalue weighted by atomic mass is 79.9. The topological polar surface area (TPSA) is 48.7 Å². The summed E-state index contributed by atoms with van der Waals surface area (Å²) in [5, 5.41) is 12.0. The van der Waals surface area contributed by atoms with Gasteiger partial charge < -0.3 is 5.32 Å². The molecule has 0 bridgehead atoms. The van der Waals surface area contributed by atoms with Crippen molar-refractivity contribution in [3.8, 4) is 6.07 Å². The fraction of sp³-hybridized carbons (Fsp3) is 0.250. The van der Waals surface area contributed by atoms with Crippen LogP contribution in [0.25, 0.3) is 0 Å². The summed E-state index contributed by atoms with van der Waals surface area (Å²) in [4.78, 5) is 3.54. The molecule has 1 unspecified atom stereocenters. The van der Waals surface area contributed by atoms with E-state index in [4.69, 9.17) is 16.9 Å². The molecule has 1 heterocycles. The molecule has 0 aliphatic carbocycles. The number of anilines is 1. The highest BCUT2D eigenvalue weighted by molar-refractivity contribution is 9.09. The molecular weight excluding hydrogens is 253 g/mol. The van der Waals surface area contributed by atoms with Crippen LogP contribution in [0, 0.1) is 11.3 Å². The molecule has 0 aromatic carbocycles. The third kappa shape index (κ3) is 2.33. The van der Waals surface area contributed by atoms with Gasteiger partial charge in [0.2, 0.25) is 0 Å². The van der Waals surface area contributed by atoms with Crippen molar-refractivity contribution < 1.29 is 0 Å². The Morgan fingerprint density at radius 1 is 1.77 bits per heavy atom. The highest BCUT2D eigenvalue weighted by Gasteiger charge is 2.11. The van der Waals surface area contributed by atoms with Gasteiger partial charge in [-0.1, -0.05) is 27.5 Å². The van der Waals surface area contributed by atoms with Gasteiger partial charge in [-0.15, -0.1) is 0 Å². The van der Waals surface area contributed by atoms with Crippen molar-refractivity contribution in [1.82, 2.24) is 4.98 Å². The van der Waals surface area contributed by atoms with Crippen LogP contribution in [0.1, 0.15) is 10.4 Å². The van der Waals surface area contributed by atoms with Gasteiger partial charge >= 0.3 is 0 Å². The van der Waals surface area contributed by atoms with Gasteiger partial charge in [-0.25, -0.2) is 4.98 Å². The van der Waals surface area contributed by atoms with Crippen LogP contribution >= 0.6 is 27.5 Å². The average Bonchev–Trinajstić information content (AvgIpc) is 2.16. The summed E-state index contributed by atoms with van der Waals surface area (Å²) in [5.74, 6) is 0. The van der Waals surface area contributed by atoms with Crippen molar-refractivity contribution in [3.05, 3.63) is 23.0 Å². The fourth-order valence-electron chi connectivity index (χ4n) is 0.928. The molecule has 1 atom stereocenters. The first-order valence-electron chi connectivity index (χ1n) is 3.56. The van der Waals surface area contributed by atoms with Gasteiger partial charge in [0.15, 0.2) is 0 Å². The van der Waals surface area contributed by atoms with Gasteiger partial charge in [-0.2, -0.15) is 5.26 Å². The Morgan fingerprint density at radius 3 is 3.00 bits per heavy atom. The standard InChI is InChI=1S/C8H7BrClN3/c1-12-7-2-8(10)13-4-5(7)6(9)3-11/h2,4,6H,1H3,(H,12,13). The van der Waals surface area contributed by atoms with Crippen molar-refractivity contribution in [2.45, 2.75) is 4.83 Å². The van der Waals surface area contributed by atoms with Crippen LogP contribution in [-0.4, -0.2) is 12.0 Å². The second-order valence-electron chi connectivity index (χ2n) is 2.34. The molecule has 1 N–H and O–H groups in total. The van der Waals surface area contributed by atoms with E-state index in [1.165, 1.54) is 0 Å². The summed E-state index contributed by atoms with van der Waals surface area (Å²) in [5.41, 5.74) is 1.60. The summed E-state index contributed by atoms with van der Waals surface area (Å²) in [6.45, 7) is 0. The van der Waals surface area contributed by atoms with Gasteiger partial charge in [-0.3, -0.25) is 0 Å². The van der Waals surface area contributed by atoms with E-state index in [9.17, 15) is 0 Å². The lowest BCUT2D eigenvalue weighted by Gasteiger charge is -2.08. The molecule has 0 saturated carbocycles. The number of aromatic nitrogens is 1. The van der Waals surface area contributed by atoms with Crippen molar-refractivity contribution in [2.24, 2.45) is 0 Å². The largest absolute Gasteiger partial charge is 0.388 e. The zero-order valence-corrected chi connectivity index (χ0v) is 9.22. The predicted molar refractivity (Wildman–Crippen MR) is 56.1 cm³/mol. The smallest absolute Gasteiger partial charge is 0.131 e. The lowest BCUT2D eigenvalue weighted by molar-refractivity contribution is 1.18. The Bertz CT molecular complexity index is 348. The minimum Gasteiger partial charge on any atom is -0.388 e. The lowest BCUT2D eigenvalue weighted by atomic mass is 10.2. The first-order valence-corrected chi connectivity index (χ1v) is 4.85. The lowest BCUT2D eigenvalue weighted by Crippen LogP contribution is -1.97. The molecule has 0 spiro atoms. The molecule has 0 amide bonds. The molecular formula is C8H7BrClN3. The van der Waals surface area contributed by atoms with Gasteiger partial charge in [0, 0.05) is 24.5 Å². The molecule has 0 saturated heterocycles. The van der Waals surface area contributed by atoms with Crippen molar-refractivity contribution in [2.75, 3.05) is 12.4 Å². The molecule has 0 fully saturated rings. The Morgan fingerprint density at radius 2 is 2.46 bits per heavy atom. The summed E-state index contributed by atoms with van der Waals surface area (Å²) >= 11 is 8.91. The first-order chi connectivity index (χ1) is 6.19. The third-order valence-corrected chi connectivity index (χ3v) is 2.46. The summed E-state index contributed by atoms with van der Waals surface area (Å²) < 4.78 is 0. The highest BCUT2D eigenvalue weighted by Crippen LogP contribution is 2.29. The average molecular weight is 261 g/mol. The van der Waals surface area contributed by atoms with E-state index in [1.807, 2.05) is 0 Å². The number of pyridine rings is 1. The molecule has 1 rings (SSSR count).